The minimum absolute atomic E-state index is 0.343. The molecule has 0 aliphatic carbocycles. The predicted molar refractivity (Wildman–Crippen MR) is 79.4 cm³/mol. The fourth-order valence-corrected chi connectivity index (χ4v) is 2.97. The predicted octanol–water partition coefficient (Wildman–Crippen LogP) is 1.28. The van der Waals surface area contributed by atoms with E-state index in [2.05, 4.69) is 4.98 Å². The van der Waals surface area contributed by atoms with Gasteiger partial charge in [-0.05, 0) is 25.5 Å². The summed E-state index contributed by atoms with van der Waals surface area (Å²) in [6.07, 6.45) is 2.29. The number of halogens is 1. The maximum Gasteiger partial charge on any atom is 0.325 e. The van der Waals surface area contributed by atoms with E-state index in [9.17, 15) is 9.90 Å². The maximum atomic E-state index is 11.2. The summed E-state index contributed by atoms with van der Waals surface area (Å²) < 4.78 is 1.95. The zero-order chi connectivity index (χ0) is 15.2. The molecular weight excluding hydrogens is 292 g/mol. The summed E-state index contributed by atoms with van der Waals surface area (Å²) in [7, 11) is 0. The van der Waals surface area contributed by atoms with E-state index in [1.165, 1.54) is 0 Å². The highest BCUT2D eigenvalue weighted by atomic mass is 35.5. The number of fused-ring (bicyclic) bond motifs is 1. The van der Waals surface area contributed by atoms with Gasteiger partial charge < -0.3 is 15.2 Å². The lowest BCUT2D eigenvalue weighted by molar-refractivity contribution is -0.142. The number of aryl methyl sites for hydroxylation is 1. The number of carbonyl (C=O) groups is 1. The Kier molecular flexibility index (Phi) is 3.39. The Morgan fingerprint density at radius 2 is 2.33 bits per heavy atom. The van der Waals surface area contributed by atoms with Crippen molar-refractivity contribution in [2.24, 2.45) is 5.73 Å². The number of carboxylic acid groups (broad SMARTS) is 1. The van der Waals surface area contributed by atoms with Gasteiger partial charge in [-0.1, -0.05) is 11.6 Å². The highest BCUT2D eigenvalue weighted by Crippen LogP contribution is 2.23. The van der Waals surface area contributed by atoms with Gasteiger partial charge in [0.1, 0.15) is 11.2 Å². The van der Waals surface area contributed by atoms with E-state index in [4.69, 9.17) is 17.3 Å². The fourth-order valence-electron chi connectivity index (χ4n) is 2.81. The van der Waals surface area contributed by atoms with Gasteiger partial charge >= 0.3 is 5.97 Å². The number of hydrogen-bond donors (Lipinski definition) is 2. The number of rotatable bonds is 3. The minimum atomic E-state index is -1.15. The molecule has 1 aliphatic heterocycles. The first-order valence-electron chi connectivity index (χ1n) is 6.77. The average molecular weight is 309 g/mol. The van der Waals surface area contributed by atoms with Crippen LogP contribution in [0.4, 0.5) is 0 Å². The third-order valence-electron chi connectivity index (χ3n) is 4.06. The van der Waals surface area contributed by atoms with Crippen LogP contribution in [0.5, 0.6) is 0 Å². The molecule has 1 aliphatic rings. The first kappa shape index (κ1) is 14.3. The van der Waals surface area contributed by atoms with Crippen LogP contribution in [0.1, 0.15) is 17.8 Å². The Morgan fingerprint density at radius 3 is 3.00 bits per heavy atom. The van der Waals surface area contributed by atoms with Crippen molar-refractivity contribution in [3.05, 3.63) is 34.7 Å². The molecule has 6 nitrogen and oxygen atoms in total. The van der Waals surface area contributed by atoms with Crippen molar-refractivity contribution in [2.75, 3.05) is 13.1 Å². The van der Waals surface area contributed by atoms with Crippen molar-refractivity contribution in [3.8, 4) is 0 Å². The quantitative estimate of drug-likeness (QED) is 0.892. The summed E-state index contributed by atoms with van der Waals surface area (Å²) >= 11 is 6.04. The summed E-state index contributed by atoms with van der Waals surface area (Å²) in [6.45, 7) is 3.56. The van der Waals surface area contributed by atoms with E-state index in [-0.39, 0.29) is 0 Å². The number of aromatic nitrogens is 2. The van der Waals surface area contributed by atoms with Crippen molar-refractivity contribution < 1.29 is 9.90 Å². The summed E-state index contributed by atoms with van der Waals surface area (Å²) in [4.78, 5) is 17.8. The molecule has 1 fully saturated rings. The number of hydrogen-bond acceptors (Lipinski definition) is 4. The van der Waals surface area contributed by atoms with Crippen molar-refractivity contribution in [1.29, 1.82) is 0 Å². The van der Waals surface area contributed by atoms with Gasteiger partial charge in [0.25, 0.3) is 0 Å². The Morgan fingerprint density at radius 1 is 1.57 bits per heavy atom. The van der Waals surface area contributed by atoms with Gasteiger partial charge in [0.05, 0.1) is 16.4 Å². The third kappa shape index (κ3) is 2.50. The summed E-state index contributed by atoms with van der Waals surface area (Å²) in [5, 5.41) is 9.83. The van der Waals surface area contributed by atoms with Crippen LogP contribution in [0.2, 0.25) is 5.02 Å². The lowest BCUT2D eigenvalue weighted by Gasteiger charge is -2.20. The first-order chi connectivity index (χ1) is 9.89. The summed E-state index contributed by atoms with van der Waals surface area (Å²) in [5.74, 6) is -0.942. The first-order valence-corrected chi connectivity index (χ1v) is 7.14. The van der Waals surface area contributed by atoms with Crippen LogP contribution < -0.4 is 5.73 Å². The Balaban J connectivity index is 1.88. The maximum absolute atomic E-state index is 11.2. The molecule has 0 saturated carbocycles. The molecule has 112 valence electrons. The zero-order valence-electron chi connectivity index (χ0n) is 11.7. The van der Waals surface area contributed by atoms with Crippen LogP contribution in [-0.4, -0.2) is 44.0 Å². The van der Waals surface area contributed by atoms with E-state index in [0.717, 1.165) is 17.0 Å². The number of likely N-dealkylation sites (tertiary alicyclic amines) is 1. The van der Waals surface area contributed by atoms with Crippen LogP contribution in [0.15, 0.2) is 18.3 Å². The van der Waals surface area contributed by atoms with Crippen molar-refractivity contribution in [1.82, 2.24) is 14.3 Å². The van der Waals surface area contributed by atoms with Crippen LogP contribution >= 0.6 is 11.6 Å². The monoisotopic (exact) mass is 308 g/mol. The second-order valence-electron chi connectivity index (χ2n) is 5.64. The topological polar surface area (TPSA) is 83.9 Å². The van der Waals surface area contributed by atoms with Gasteiger partial charge in [-0.25, -0.2) is 4.98 Å². The molecule has 0 spiro atoms. The molecule has 2 aromatic rings. The molecule has 0 bridgehead atoms. The summed E-state index contributed by atoms with van der Waals surface area (Å²) in [6, 6.07) is 3.67. The van der Waals surface area contributed by atoms with Gasteiger partial charge in [-0.2, -0.15) is 0 Å². The molecule has 3 rings (SSSR count). The second kappa shape index (κ2) is 4.98. The van der Waals surface area contributed by atoms with Crippen LogP contribution in [0, 0.1) is 6.92 Å². The van der Waals surface area contributed by atoms with Crippen molar-refractivity contribution in [3.63, 3.8) is 0 Å². The molecule has 3 N–H and O–H groups in total. The number of pyridine rings is 1. The molecule has 1 unspecified atom stereocenters. The van der Waals surface area contributed by atoms with Crippen molar-refractivity contribution >= 4 is 23.2 Å². The lowest BCUT2D eigenvalue weighted by atomic mass is 10.0. The van der Waals surface area contributed by atoms with Crippen LogP contribution in [0.3, 0.4) is 0 Å². The molecular formula is C14H17ClN4O2. The molecule has 7 heteroatoms. The van der Waals surface area contributed by atoms with Gasteiger partial charge in [-0.3, -0.25) is 9.69 Å². The largest absolute Gasteiger partial charge is 0.480 e. The minimum Gasteiger partial charge on any atom is -0.480 e. The standard InChI is InChI=1S/C14H17ClN4O2/c1-9-11(19-6-10(15)2-3-12(19)17-9)7-18-5-4-14(16,8-18)13(20)21/h2-3,6H,4-5,7-8,16H2,1H3,(H,20,21). The van der Waals surface area contributed by atoms with Gasteiger partial charge in [-0.15, -0.1) is 0 Å². The Labute approximate surface area is 127 Å². The van der Waals surface area contributed by atoms with E-state index in [1.807, 2.05) is 28.5 Å². The number of imidazole rings is 1. The van der Waals surface area contributed by atoms with Gasteiger partial charge in [0.2, 0.25) is 0 Å². The molecule has 1 atom stereocenters. The fraction of sp³-hybridized carbons (Fsp3) is 0.429. The molecule has 0 amide bonds. The van der Waals surface area contributed by atoms with Crippen molar-refractivity contribution in [2.45, 2.75) is 25.4 Å². The molecule has 1 saturated heterocycles. The smallest absolute Gasteiger partial charge is 0.325 e. The second-order valence-corrected chi connectivity index (χ2v) is 6.08. The molecule has 0 aromatic carbocycles. The van der Waals surface area contributed by atoms with Crippen LogP contribution in [-0.2, 0) is 11.3 Å². The molecule has 0 radical (unpaired) electrons. The molecule has 2 aromatic heterocycles. The van der Waals surface area contributed by atoms with Gasteiger partial charge in [0.15, 0.2) is 0 Å². The Hall–Kier alpha value is -1.63. The lowest BCUT2D eigenvalue weighted by Crippen LogP contribution is -2.50. The highest BCUT2D eigenvalue weighted by molar-refractivity contribution is 6.30. The van der Waals surface area contributed by atoms with Gasteiger partial charge in [0, 0.05) is 25.8 Å². The van der Waals surface area contributed by atoms with E-state index in [1.54, 1.807) is 6.07 Å². The Bertz CT molecular complexity index is 714. The zero-order valence-corrected chi connectivity index (χ0v) is 12.5. The summed E-state index contributed by atoms with van der Waals surface area (Å²) in [5.41, 5.74) is 7.54. The number of nitrogens with two attached hydrogens (primary N) is 1. The van der Waals surface area contributed by atoms with E-state index in [0.29, 0.717) is 31.1 Å². The third-order valence-corrected chi connectivity index (χ3v) is 4.28. The average Bonchev–Trinajstić information content (AvgIpc) is 2.94. The normalized spacial score (nSPS) is 23.0. The van der Waals surface area contributed by atoms with Crippen LogP contribution in [0.25, 0.3) is 5.65 Å². The SMILES string of the molecule is Cc1nc2ccc(Cl)cn2c1CN1CCC(N)(C(=O)O)C1. The highest BCUT2D eigenvalue weighted by Gasteiger charge is 2.41. The van der Waals surface area contributed by atoms with E-state index >= 15 is 0 Å². The molecule has 3 heterocycles. The number of carboxylic acids is 1. The van der Waals surface area contributed by atoms with E-state index < -0.39 is 11.5 Å². The molecule has 21 heavy (non-hydrogen) atoms. The number of aliphatic carboxylic acids is 1. The number of nitrogens with zero attached hydrogens (tertiary/aromatic N) is 3.